The van der Waals surface area contributed by atoms with E-state index in [1.807, 2.05) is 0 Å². The van der Waals surface area contributed by atoms with Crippen LogP contribution in [0.5, 0.6) is 0 Å². The summed E-state index contributed by atoms with van der Waals surface area (Å²) in [5.41, 5.74) is 6.08. The van der Waals surface area contributed by atoms with Gasteiger partial charge >= 0.3 is 0 Å². The van der Waals surface area contributed by atoms with Crippen LogP contribution in [0.3, 0.4) is 0 Å². The molecule has 2 N–H and O–H groups in total. The molecule has 0 amide bonds. The molecule has 0 bridgehead atoms. The molecule has 2 atom stereocenters. The largest absolute Gasteiger partial charge is 0.328 e. The Kier molecular flexibility index (Phi) is 3.68. The average molecular weight is 210 g/mol. The molecule has 2 aliphatic carbocycles. The smallest absolute Gasteiger partial charge is 0.0113 e. The van der Waals surface area contributed by atoms with E-state index in [9.17, 15) is 0 Å². The van der Waals surface area contributed by atoms with Crippen molar-refractivity contribution in [1.29, 1.82) is 0 Å². The van der Waals surface area contributed by atoms with Gasteiger partial charge in [0.1, 0.15) is 0 Å². The first kappa shape index (κ1) is 11.4. The van der Waals surface area contributed by atoms with Gasteiger partial charge in [-0.2, -0.15) is 0 Å². The molecule has 0 radical (unpaired) electrons. The van der Waals surface area contributed by atoms with Gasteiger partial charge in [-0.3, -0.25) is 4.90 Å². The maximum Gasteiger partial charge on any atom is 0.0113 e. The Morgan fingerprint density at radius 1 is 1.20 bits per heavy atom. The number of hydrogen-bond acceptors (Lipinski definition) is 2. The molecule has 2 unspecified atom stereocenters. The number of nitrogens with two attached hydrogens (primary N) is 1. The minimum absolute atomic E-state index is 0.462. The van der Waals surface area contributed by atoms with Gasteiger partial charge in [-0.25, -0.2) is 0 Å². The van der Waals surface area contributed by atoms with Crippen LogP contribution in [0.25, 0.3) is 0 Å². The van der Waals surface area contributed by atoms with Gasteiger partial charge in [0.2, 0.25) is 0 Å². The van der Waals surface area contributed by atoms with E-state index in [-0.39, 0.29) is 0 Å². The normalized spacial score (nSPS) is 32.6. The highest BCUT2D eigenvalue weighted by molar-refractivity contribution is 4.87. The van der Waals surface area contributed by atoms with Crippen molar-refractivity contribution >= 4 is 0 Å². The zero-order chi connectivity index (χ0) is 10.8. The second-order valence-corrected chi connectivity index (χ2v) is 5.81. The summed E-state index contributed by atoms with van der Waals surface area (Å²) in [5, 5.41) is 0. The fourth-order valence-electron chi connectivity index (χ4n) is 2.88. The molecule has 2 nitrogen and oxygen atoms in total. The summed E-state index contributed by atoms with van der Waals surface area (Å²) < 4.78 is 0. The summed E-state index contributed by atoms with van der Waals surface area (Å²) in [5.74, 6) is 1.01. The lowest BCUT2D eigenvalue weighted by atomic mass is 9.89. The first-order valence-electron chi connectivity index (χ1n) is 6.68. The Hall–Kier alpha value is -0.0800. The predicted octanol–water partition coefficient (Wildman–Crippen LogP) is 2.38. The SMILES string of the molecule is CC(C)N(CC1CC1)C1CCCC(N)C1. The van der Waals surface area contributed by atoms with E-state index in [1.165, 1.54) is 45.1 Å². The summed E-state index contributed by atoms with van der Waals surface area (Å²) in [7, 11) is 0. The summed E-state index contributed by atoms with van der Waals surface area (Å²) in [6.45, 7) is 6.00. The Labute approximate surface area is 94.2 Å². The van der Waals surface area contributed by atoms with E-state index in [0.29, 0.717) is 12.1 Å². The summed E-state index contributed by atoms with van der Waals surface area (Å²) in [6.07, 6.45) is 8.10. The molecule has 2 heteroatoms. The molecule has 0 spiro atoms. The third-order valence-electron chi connectivity index (χ3n) is 3.99. The van der Waals surface area contributed by atoms with Crippen molar-refractivity contribution in [1.82, 2.24) is 4.90 Å². The third kappa shape index (κ3) is 3.18. The quantitative estimate of drug-likeness (QED) is 0.772. The average Bonchev–Trinajstić information content (AvgIpc) is 2.97. The van der Waals surface area contributed by atoms with Gasteiger partial charge in [0.15, 0.2) is 0 Å². The lowest BCUT2D eigenvalue weighted by Crippen LogP contribution is -2.46. The molecule has 88 valence electrons. The van der Waals surface area contributed by atoms with Crippen molar-refractivity contribution in [3.05, 3.63) is 0 Å². The second kappa shape index (κ2) is 4.84. The van der Waals surface area contributed by atoms with Crippen molar-refractivity contribution in [3.8, 4) is 0 Å². The van der Waals surface area contributed by atoms with Crippen LogP contribution in [0.4, 0.5) is 0 Å². The van der Waals surface area contributed by atoms with Gasteiger partial charge in [-0.15, -0.1) is 0 Å². The fraction of sp³-hybridized carbons (Fsp3) is 1.00. The molecule has 0 heterocycles. The van der Waals surface area contributed by atoms with Crippen LogP contribution in [0.1, 0.15) is 52.4 Å². The first-order chi connectivity index (χ1) is 7.16. The molecule has 0 aliphatic heterocycles. The van der Waals surface area contributed by atoms with Crippen LogP contribution >= 0.6 is 0 Å². The van der Waals surface area contributed by atoms with Crippen molar-refractivity contribution in [3.63, 3.8) is 0 Å². The van der Waals surface area contributed by atoms with Crippen LogP contribution in [0.15, 0.2) is 0 Å². The minimum Gasteiger partial charge on any atom is -0.328 e. The molecule has 0 aromatic rings. The molecule has 2 fully saturated rings. The van der Waals surface area contributed by atoms with Gasteiger partial charge in [0.25, 0.3) is 0 Å². The Morgan fingerprint density at radius 3 is 2.47 bits per heavy atom. The number of hydrogen-bond donors (Lipinski definition) is 1. The van der Waals surface area contributed by atoms with Gasteiger partial charge < -0.3 is 5.73 Å². The minimum atomic E-state index is 0.462. The van der Waals surface area contributed by atoms with E-state index in [1.54, 1.807) is 0 Å². The zero-order valence-electron chi connectivity index (χ0n) is 10.3. The van der Waals surface area contributed by atoms with E-state index < -0.39 is 0 Å². The third-order valence-corrected chi connectivity index (χ3v) is 3.99. The molecular weight excluding hydrogens is 184 g/mol. The van der Waals surface area contributed by atoms with E-state index in [0.717, 1.165) is 12.0 Å². The highest BCUT2D eigenvalue weighted by Crippen LogP contribution is 2.33. The van der Waals surface area contributed by atoms with Crippen molar-refractivity contribution in [2.45, 2.75) is 70.5 Å². The zero-order valence-corrected chi connectivity index (χ0v) is 10.3. The molecule has 0 aromatic heterocycles. The van der Waals surface area contributed by atoms with Crippen LogP contribution in [-0.4, -0.2) is 29.6 Å². The molecule has 2 saturated carbocycles. The van der Waals surface area contributed by atoms with Crippen LogP contribution in [0.2, 0.25) is 0 Å². The summed E-state index contributed by atoms with van der Waals surface area (Å²) in [6, 6.07) is 1.93. The Morgan fingerprint density at radius 2 is 1.93 bits per heavy atom. The number of nitrogens with zero attached hydrogens (tertiary/aromatic N) is 1. The Balaban J connectivity index is 1.89. The molecule has 0 saturated heterocycles. The van der Waals surface area contributed by atoms with Crippen molar-refractivity contribution in [2.24, 2.45) is 11.7 Å². The molecule has 0 aromatic carbocycles. The van der Waals surface area contributed by atoms with E-state index >= 15 is 0 Å². The maximum atomic E-state index is 6.08. The van der Waals surface area contributed by atoms with Gasteiger partial charge in [0, 0.05) is 24.7 Å². The van der Waals surface area contributed by atoms with Gasteiger partial charge in [-0.1, -0.05) is 6.42 Å². The van der Waals surface area contributed by atoms with E-state index in [2.05, 4.69) is 18.7 Å². The van der Waals surface area contributed by atoms with Crippen LogP contribution in [-0.2, 0) is 0 Å². The van der Waals surface area contributed by atoms with Gasteiger partial charge in [-0.05, 0) is 51.9 Å². The lowest BCUT2D eigenvalue weighted by molar-refractivity contribution is 0.108. The molecule has 2 rings (SSSR count). The first-order valence-corrected chi connectivity index (χ1v) is 6.68. The molecule has 2 aliphatic rings. The van der Waals surface area contributed by atoms with Gasteiger partial charge in [0.05, 0.1) is 0 Å². The van der Waals surface area contributed by atoms with Crippen molar-refractivity contribution < 1.29 is 0 Å². The fourth-order valence-corrected chi connectivity index (χ4v) is 2.88. The van der Waals surface area contributed by atoms with Crippen LogP contribution < -0.4 is 5.73 Å². The van der Waals surface area contributed by atoms with Crippen LogP contribution in [0, 0.1) is 5.92 Å². The molecular formula is C13H26N2. The second-order valence-electron chi connectivity index (χ2n) is 5.81. The summed E-state index contributed by atoms with van der Waals surface area (Å²) >= 11 is 0. The highest BCUT2D eigenvalue weighted by Gasteiger charge is 2.31. The predicted molar refractivity (Wildman–Crippen MR) is 64.8 cm³/mol. The standard InChI is InChI=1S/C13H26N2/c1-10(2)15(9-11-6-7-11)13-5-3-4-12(14)8-13/h10-13H,3-9,14H2,1-2H3. The van der Waals surface area contributed by atoms with Crippen molar-refractivity contribution in [2.75, 3.05) is 6.54 Å². The topological polar surface area (TPSA) is 29.3 Å². The maximum absolute atomic E-state index is 6.08. The lowest BCUT2D eigenvalue weighted by Gasteiger charge is -2.39. The Bertz CT molecular complexity index is 199. The monoisotopic (exact) mass is 210 g/mol. The summed E-state index contributed by atoms with van der Waals surface area (Å²) in [4.78, 5) is 2.72. The number of rotatable bonds is 4. The molecule has 15 heavy (non-hydrogen) atoms. The van der Waals surface area contributed by atoms with E-state index in [4.69, 9.17) is 5.73 Å². The highest BCUT2D eigenvalue weighted by atomic mass is 15.2.